The third-order valence-corrected chi connectivity index (χ3v) is 4.09. The first-order valence-electron chi connectivity index (χ1n) is 8.84. The zero-order chi connectivity index (χ0) is 21.6. The summed E-state index contributed by atoms with van der Waals surface area (Å²) >= 11 is 0. The Morgan fingerprint density at radius 1 is 1.17 bits per heavy atom. The molecule has 0 saturated carbocycles. The van der Waals surface area contributed by atoms with E-state index in [9.17, 15) is 27.2 Å². The molecular formula is C20H20F4N2O3. The Kier molecular flexibility index (Phi) is 7.30. The molecule has 2 rings (SSSR count). The number of amides is 1. The smallest absolute Gasteiger partial charge is 0.428 e. The quantitative estimate of drug-likeness (QED) is 0.623. The average molecular weight is 412 g/mol. The van der Waals surface area contributed by atoms with Gasteiger partial charge >= 0.3 is 12.5 Å². The Bertz CT molecular complexity index is 857. The zero-order valence-corrected chi connectivity index (χ0v) is 15.8. The molecule has 0 radical (unpaired) electrons. The van der Waals surface area contributed by atoms with Gasteiger partial charge in [0.1, 0.15) is 11.5 Å². The molecule has 9 heteroatoms. The Morgan fingerprint density at radius 3 is 2.41 bits per heavy atom. The number of benzene rings is 1. The Labute approximate surface area is 165 Å². The minimum absolute atomic E-state index is 0.0473. The van der Waals surface area contributed by atoms with Crippen molar-refractivity contribution in [1.29, 1.82) is 0 Å². The fraction of sp³-hybridized carbons (Fsp3) is 0.350. The fourth-order valence-corrected chi connectivity index (χ4v) is 2.43. The maximum Gasteiger partial charge on any atom is 0.461 e. The minimum atomic E-state index is -4.61. The highest BCUT2D eigenvalue weighted by atomic mass is 19.3. The van der Waals surface area contributed by atoms with E-state index in [1.807, 2.05) is 0 Å². The highest BCUT2D eigenvalue weighted by Crippen LogP contribution is 2.27. The van der Waals surface area contributed by atoms with E-state index in [2.05, 4.69) is 15.0 Å². The van der Waals surface area contributed by atoms with E-state index in [0.717, 1.165) is 17.7 Å². The molecule has 0 saturated heterocycles. The van der Waals surface area contributed by atoms with Crippen molar-refractivity contribution in [3.63, 3.8) is 0 Å². The summed E-state index contributed by atoms with van der Waals surface area (Å²) in [5.41, 5.74) is 1.47. The maximum absolute atomic E-state index is 12.9. The van der Waals surface area contributed by atoms with Crippen LogP contribution in [0.15, 0.2) is 42.6 Å². The molecule has 0 bridgehead atoms. The topological polar surface area (TPSA) is 68.3 Å². The Morgan fingerprint density at radius 2 is 1.83 bits per heavy atom. The third kappa shape index (κ3) is 6.27. The second kappa shape index (κ2) is 9.49. The number of aromatic nitrogens is 1. The van der Waals surface area contributed by atoms with Crippen molar-refractivity contribution in [1.82, 2.24) is 10.3 Å². The van der Waals surface area contributed by atoms with Gasteiger partial charge in [0, 0.05) is 30.3 Å². The Balaban J connectivity index is 2.03. The molecule has 0 spiro atoms. The number of ketones is 1. The van der Waals surface area contributed by atoms with E-state index >= 15 is 0 Å². The molecular weight excluding hydrogens is 392 g/mol. The van der Waals surface area contributed by atoms with Crippen LogP contribution in [-0.2, 0) is 11.2 Å². The van der Waals surface area contributed by atoms with Gasteiger partial charge in [0.15, 0.2) is 0 Å². The van der Waals surface area contributed by atoms with Gasteiger partial charge in [-0.05, 0) is 48.9 Å². The van der Waals surface area contributed by atoms with Crippen LogP contribution in [0.1, 0.15) is 47.9 Å². The fourth-order valence-electron chi connectivity index (χ4n) is 2.43. The molecule has 2 aromatic rings. The second-order valence-electron chi connectivity index (χ2n) is 6.33. The molecule has 1 unspecified atom stereocenters. The largest absolute Gasteiger partial charge is 0.461 e. The van der Waals surface area contributed by atoms with Crippen molar-refractivity contribution in [3.05, 3.63) is 59.4 Å². The second-order valence-corrected chi connectivity index (χ2v) is 6.33. The molecule has 29 heavy (non-hydrogen) atoms. The van der Waals surface area contributed by atoms with Crippen LogP contribution in [0.5, 0.6) is 5.75 Å². The van der Waals surface area contributed by atoms with Crippen LogP contribution in [0.3, 0.4) is 0 Å². The molecule has 1 heterocycles. The summed E-state index contributed by atoms with van der Waals surface area (Å²) in [6.45, 7) is 3.50. The first kappa shape index (κ1) is 22.3. The molecule has 0 aliphatic carbocycles. The number of ether oxygens (including phenoxy) is 1. The van der Waals surface area contributed by atoms with E-state index in [1.165, 1.54) is 12.1 Å². The van der Waals surface area contributed by atoms with Gasteiger partial charge in [0.2, 0.25) is 0 Å². The van der Waals surface area contributed by atoms with Gasteiger partial charge in [-0.3, -0.25) is 14.6 Å². The number of hydrogen-bond acceptors (Lipinski definition) is 4. The first-order chi connectivity index (χ1) is 13.6. The summed E-state index contributed by atoms with van der Waals surface area (Å²) in [6.07, 6.45) is -6.43. The zero-order valence-electron chi connectivity index (χ0n) is 15.8. The average Bonchev–Trinajstić information content (AvgIpc) is 2.68. The molecule has 0 aliphatic rings. The highest BCUT2D eigenvalue weighted by Gasteiger charge is 2.43. The molecule has 0 fully saturated rings. The van der Waals surface area contributed by atoms with Crippen LogP contribution in [0.25, 0.3) is 0 Å². The summed E-state index contributed by atoms with van der Waals surface area (Å²) < 4.78 is 54.1. The number of carbonyl (C=O) groups is 2. The van der Waals surface area contributed by atoms with E-state index in [1.54, 1.807) is 32.2 Å². The van der Waals surface area contributed by atoms with Gasteiger partial charge in [0.05, 0.1) is 6.04 Å². The SMILES string of the molecule is CCC(=O)Cc1cc(C(C)NC(=O)c2ccc(OC(F)(F)C(F)F)cc2)ccn1. The van der Waals surface area contributed by atoms with Crippen LogP contribution >= 0.6 is 0 Å². The Hall–Kier alpha value is -2.97. The summed E-state index contributed by atoms with van der Waals surface area (Å²) in [5.74, 6) is -0.932. The molecule has 1 atom stereocenters. The maximum atomic E-state index is 12.9. The van der Waals surface area contributed by atoms with Gasteiger partial charge in [-0.15, -0.1) is 0 Å². The number of nitrogens with one attached hydrogen (secondary N) is 1. The predicted octanol–water partition coefficient (Wildman–Crippen LogP) is 4.33. The number of Topliss-reactive ketones (excluding diaryl/α,β-unsaturated/α-hetero) is 1. The molecule has 1 aromatic heterocycles. The highest BCUT2D eigenvalue weighted by molar-refractivity contribution is 5.94. The molecule has 5 nitrogen and oxygen atoms in total. The number of hydrogen-bond donors (Lipinski definition) is 1. The predicted molar refractivity (Wildman–Crippen MR) is 97.1 cm³/mol. The van der Waals surface area contributed by atoms with Crippen molar-refractivity contribution in [2.45, 2.75) is 45.3 Å². The normalized spacial score (nSPS) is 12.5. The number of nitrogens with zero attached hydrogens (tertiary/aromatic N) is 1. The minimum Gasteiger partial charge on any atom is -0.428 e. The summed E-state index contributed by atoms with van der Waals surface area (Å²) in [4.78, 5) is 28.1. The first-order valence-corrected chi connectivity index (χ1v) is 8.84. The standard InChI is InChI=1S/C20H20F4N2O3/c1-3-16(27)11-15-10-14(8-9-25-15)12(2)26-18(28)13-4-6-17(7-5-13)29-20(23,24)19(21)22/h4-10,12,19H,3,11H2,1-2H3,(H,26,28). The van der Waals surface area contributed by atoms with Crippen LogP contribution in [0.4, 0.5) is 17.6 Å². The molecule has 1 N–H and O–H groups in total. The number of pyridine rings is 1. The summed E-state index contributed by atoms with van der Waals surface area (Å²) in [5, 5.41) is 2.73. The van der Waals surface area contributed by atoms with Crippen molar-refractivity contribution in [2.75, 3.05) is 0 Å². The van der Waals surface area contributed by atoms with Gasteiger partial charge in [0.25, 0.3) is 5.91 Å². The van der Waals surface area contributed by atoms with Crippen molar-refractivity contribution in [2.24, 2.45) is 0 Å². The lowest BCUT2D eigenvalue weighted by atomic mass is 10.1. The van der Waals surface area contributed by atoms with Crippen LogP contribution in [0, 0.1) is 0 Å². The lowest BCUT2D eigenvalue weighted by Crippen LogP contribution is -2.33. The van der Waals surface area contributed by atoms with Gasteiger partial charge in [-0.1, -0.05) is 6.92 Å². The third-order valence-electron chi connectivity index (χ3n) is 4.09. The van der Waals surface area contributed by atoms with Crippen LogP contribution in [-0.4, -0.2) is 29.2 Å². The van der Waals surface area contributed by atoms with Gasteiger partial charge < -0.3 is 10.1 Å². The van der Waals surface area contributed by atoms with E-state index in [0.29, 0.717) is 12.1 Å². The molecule has 0 aliphatic heterocycles. The van der Waals surface area contributed by atoms with Crippen molar-refractivity contribution in [3.8, 4) is 5.75 Å². The van der Waals surface area contributed by atoms with Crippen LogP contribution < -0.4 is 10.1 Å². The van der Waals surface area contributed by atoms with Gasteiger partial charge in [-0.2, -0.15) is 17.6 Å². The van der Waals surface area contributed by atoms with E-state index in [-0.39, 0.29) is 17.8 Å². The summed E-state index contributed by atoms with van der Waals surface area (Å²) in [6, 6.07) is 7.41. The van der Waals surface area contributed by atoms with Crippen molar-refractivity contribution >= 4 is 11.7 Å². The number of carbonyl (C=O) groups excluding carboxylic acids is 2. The number of alkyl halides is 4. The van der Waals surface area contributed by atoms with Crippen molar-refractivity contribution < 1.29 is 31.9 Å². The number of halogens is 4. The monoisotopic (exact) mass is 412 g/mol. The molecule has 1 aromatic carbocycles. The lowest BCUT2D eigenvalue weighted by Gasteiger charge is -2.17. The molecule has 1 amide bonds. The van der Waals surface area contributed by atoms with E-state index in [4.69, 9.17) is 0 Å². The lowest BCUT2D eigenvalue weighted by molar-refractivity contribution is -0.253. The van der Waals surface area contributed by atoms with Gasteiger partial charge in [-0.25, -0.2) is 0 Å². The molecule has 156 valence electrons. The summed E-state index contributed by atoms with van der Waals surface area (Å²) in [7, 11) is 0. The van der Waals surface area contributed by atoms with E-state index < -0.39 is 30.2 Å². The number of rotatable bonds is 9. The van der Waals surface area contributed by atoms with Crippen LogP contribution in [0.2, 0.25) is 0 Å².